The summed E-state index contributed by atoms with van der Waals surface area (Å²) in [7, 11) is -6.11. The predicted molar refractivity (Wildman–Crippen MR) is 135 cm³/mol. The summed E-state index contributed by atoms with van der Waals surface area (Å²) in [6.07, 6.45) is 1.05. The van der Waals surface area contributed by atoms with E-state index in [-0.39, 0.29) is 30.0 Å². The van der Waals surface area contributed by atoms with E-state index in [9.17, 15) is 14.3 Å². The van der Waals surface area contributed by atoms with Crippen molar-refractivity contribution in [3.63, 3.8) is 0 Å². The van der Waals surface area contributed by atoms with Gasteiger partial charge < -0.3 is 24.3 Å². The molecule has 0 fully saturated rings. The molecule has 0 bridgehead atoms. The van der Waals surface area contributed by atoms with E-state index in [0.717, 1.165) is 0 Å². The molecule has 0 amide bonds. The third-order valence-corrected chi connectivity index (χ3v) is 12.1. The van der Waals surface area contributed by atoms with Crippen LogP contribution in [0.4, 0.5) is 5.82 Å². The predicted octanol–water partition coefficient (Wildman–Crippen LogP) is 4.56. The summed E-state index contributed by atoms with van der Waals surface area (Å²) in [5, 5.41) is -0.0240. The summed E-state index contributed by atoms with van der Waals surface area (Å²) in [4.78, 5) is 26.5. The zero-order chi connectivity index (χ0) is 25.8. The molecule has 3 N–H and O–H groups in total. The van der Waals surface area contributed by atoms with Crippen LogP contribution in [0.25, 0.3) is 0 Å². The molecule has 0 radical (unpaired) electrons. The number of hydrogen-bond acceptors (Lipinski definition) is 7. The zero-order valence-corrected chi connectivity index (χ0v) is 23.4. The molecule has 2 unspecified atom stereocenters. The largest absolute Gasteiger partial charge is 0.414 e. The quantitative estimate of drug-likeness (QED) is 0.242. The van der Waals surface area contributed by atoms with E-state index in [1.54, 1.807) is 20.0 Å². The third-order valence-electron chi connectivity index (χ3n) is 6.38. The molecular formula is C22H42N3O6PSi. The Bertz CT molecular complexity index is 923. The molecule has 0 aliphatic rings. The average molecular weight is 504 g/mol. The van der Waals surface area contributed by atoms with Crippen LogP contribution in [-0.4, -0.2) is 47.9 Å². The summed E-state index contributed by atoms with van der Waals surface area (Å²) >= 11 is 0. The molecule has 0 spiro atoms. The monoisotopic (exact) mass is 503 g/mol. The number of ether oxygens (including phenoxy) is 1. The van der Waals surface area contributed by atoms with Gasteiger partial charge in [0.2, 0.25) is 0 Å². The molecule has 0 aliphatic carbocycles. The first-order chi connectivity index (χ1) is 14.8. The lowest BCUT2D eigenvalue weighted by molar-refractivity contribution is 0.0366. The number of rotatable bonds is 12. The van der Waals surface area contributed by atoms with Gasteiger partial charge in [-0.05, 0) is 49.5 Å². The highest BCUT2D eigenvalue weighted by Crippen LogP contribution is 2.48. The number of hydrogen-bond donors (Lipinski definition) is 2. The van der Waals surface area contributed by atoms with Gasteiger partial charge in [-0.1, -0.05) is 41.2 Å². The highest BCUT2D eigenvalue weighted by Gasteiger charge is 2.38. The van der Waals surface area contributed by atoms with Gasteiger partial charge in [0.05, 0.1) is 24.9 Å². The molecule has 0 aromatic carbocycles. The van der Waals surface area contributed by atoms with E-state index in [0.29, 0.717) is 5.57 Å². The lowest BCUT2D eigenvalue weighted by atomic mass is 9.95. The van der Waals surface area contributed by atoms with Gasteiger partial charge in [0.25, 0.3) is 0 Å². The lowest BCUT2D eigenvalue weighted by Crippen LogP contribution is -2.43. The van der Waals surface area contributed by atoms with Crippen molar-refractivity contribution >= 4 is 21.7 Å². The van der Waals surface area contributed by atoms with Gasteiger partial charge in [-0.25, -0.2) is 4.79 Å². The van der Waals surface area contributed by atoms with Gasteiger partial charge in [0.15, 0.2) is 8.32 Å². The molecule has 1 aromatic rings. The van der Waals surface area contributed by atoms with Crippen LogP contribution < -0.4 is 11.4 Å². The standard InChI is InChI=1S/C22H42N3O6PSi/c1-16(2)22(7,8)31-32(27,28)15-29-13-17(3)18(14-30-33(9,10)21(4,5)6)25-12-11-19(23)24-20(25)26/h11-12,16,18H,3,13-15H2,1-2,4-10H3,(H,27,28)(H2,23,24,26). The molecule has 0 saturated carbocycles. The van der Waals surface area contributed by atoms with E-state index in [4.69, 9.17) is 19.4 Å². The van der Waals surface area contributed by atoms with Gasteiger partial charge in [0.1, 0.15) is 12.2 Å². The maximum atomic E-state index is 12.5. The van der Waals surface area contributed by atoms with Crippen LogP contribution in [0.3, 0.4) is 0 Å². The van der Waals surface area contributed by atoms with Crippen LogP contribution in [0.2, 0.25) is 18.1 Å². The molecule has 190 valence electrons. The number of nitrogen functional groups attached to an aromatic ring is 1. The first-order valence-electron chi connectivity index (χ1n) is 11.1. The van der Waals surface area contributed by atoms with Crippen molar-refractivity contribution in [3.05, 3.63) is 34.9 Å². The highest BCUT2D eigenvalue weighted by molar-refractivity contribution is 7.52. The molecule has 2 atom stereocenters. The summed E-state index contributed by atoms with van der Waals surface area (Å²) in [6.45, 7) is 22.1. The first-order valence-corrected chi connectivity index (χ1v) is 15.7. The van der Waals surface area contributed by atoms with Crippen molar-refractivity contribution in [1.82, 2.24) is 9.55 Å². The second-order valence-electron chi connectivity index (χ2n) is 10.8. The molecular weight excluding hydrogens is 461 g/mol. The molecule has 33 heavy (non-hydrogen) atoms. The third kappa shape index (κ3) is 8.77. The Hall–Kier alpha value is -1.29. The summed E-state index contributed by atoms with van der Waals surface area (Å²) in [5.74, 6) is 0.156. The molecule has 1 heterocycles. The maximum absolute atomic E-state index is 12.5. The Kier molecular flexibility index (Phi) is 9.88. The van der Waals surface area contributed by atoms with Crippen molar-refractivity contribution < 1.29 is 23.1 Å². The SMILES string of the molecule is C=C(COCP(=O)(O)OC(C)(C)C(C)C)C(CO[Si](C)(C)C(C)(C)C)n1ccc(N)nc1=O. The van der Waals surface area contributed by atoms with Crippen molar-refractivity contribution in [2.24, 2.45) is 5.92 Å². The van der Waals surface area contributed by atoms with E-state index < -0.39 is 39.6 Å². The second-order valence-corrected chi connectivity index (χ2v) is 17.3. The van der Waals surface area contributed by atoms with Crippen molar-refractivity contribution in [3.8, 4) is 0 Å². The minimum Gasteiger partial charge on any atom is -0.414 e. The van der Waals surface area contributed by atoms with Crippen molar-refractivity contribution in [2.45, 2.75) is 78.2 Å². The van der Waals surface area contributed by atoms with Crippen LogP contribution >= 0.6 is 7.60 Å². The lowest BCUT2D eigenvalue weighted by Gasteiger charge is -2.37. The Morgan fingerprint density at radius 1 is 1.30 bits per heavy atom. The fraction of sp³-hybridized carbons (Fsp3) is 0.727. The molecule has 9 nitrogen and oxygen atoms in total. The minimum atomic E-state index is -3.99. The van der Waals surface area contributed by atoms with Gasteiger partial charge in [-0.2, -0.15) is 4.98 Å². The van der Waals surface area contributed by atoms with Gasteiger partial charge in [-0.3, -0.25) is 9.13 Å². The van der Waals surface area contributed by atoms with Crippen LogP contribution in [0, 0.1) is 5.92 Å². The highest BCUT2D eigenvalue weighted by atomic mass is 31.2. The second kappa shape index (κ2) is 11.0. The summed E-state index contributed by atoms with van der Waals surface area (Å²) in [6, 6.07) is 0.948. The van der Waals surface area contributed by atoms with E-state index >= 15 is 0 Å². The summed E-state index contributed by atoms with van der Waals surface area (Å²) in [5.41, 5.74) is 4.82. The molecule has 11 heteroatoms. The Balaban J connectivity index is 2.99. The van der Waals surface area contributed by atoms with E-state index in [1.807, 2.05) is 13.8 Å². The summed E-state index contributed by atoms with van der Waals surface area (Å²) < 4.78 is 31.2. The molecule has 0 aliphatic heterocycles. The topological polar surface area (TPSA) is 126 Å². The average Bonchev–Trinajstić information content (AvgIpc) is 2.61. The number of anilines is 1. The first kappa shape index (κ1) is 29.7. The van der Waals surface area contributed by atoms with Gasteiger partial charge in [0, 0.05) is 6.20 Å². The zero-order valence-electron chi connectivity index (χ0n) is 21.5. The molecule has 1 aromatic heterocycles. The van der Waals surface area contributed by atoms with Crippen LogP contribution in [0.5, 0.6) is 0 Å². The van der Waals surface area contributed by atoms with Gasteiger partial charge in [-0.15, -0.1) is 0 Å². The smallest absolute Gasteiger partial charge is 0.354 e. The molecule has 0 saturated heterocycles. The van der Waals surface area contributed by atoms with Crippen LogP contribution in [0.15, 0.2) is 29.2 Å². The minimum absolute atomic E-state index is 0.0240. The van der Waals surface area contributed by atoms with Crippen LogP contribution in [-0.2, 0) is 18.3 Å². The van der Waals surface area contributed by atoms with E-state index in [1.165, 1.54) is 10.6 Å². The van der Waals surface area contributed by atoms with Crippen LogP contribution in [0.1, 0.15) is 54.5 Å². The fourth-order valence-electron chi connectivity index (χ4n) is 2.45. The number of aromatic nitrogens is 2. The Morgan fingerprint density at radius 3 is 2.36 bits per heavy atom. The maximum Gasteiger partial charge on any atom is 0.354 e. The van der Waals surface area contributed by atoms with Crippen molar-refractivity contribution in [2.75, 3.05) is 25.3 Å². The Morgan fingerprint density at radius 2 is 1.88 bits per heavy atom. The fourth-order valence-corrected chi connectivity index (χ4v) is 4.78. The normalized spacial score (nSPS) is 16.0. The van der Waals surface area contributed by atoms with Gasteiger partial charge >= 0.3 is 13.3 Å². The van der Waals surface area contributed by atoms with E-state index in [2.05, 4.69) is 45.4 Å². The number of nitrogens with zero attached hydrogens (tertiary/aromatic N) is 2. The number of nitrogens with two attached hydrogens (primary N) is 1. The Labute approximate surface area is 199 Å². The molecule has 1 rings (SSSR count). The van der Waals surface area contributed by atoms with Crippen molar-refractivity contribution in [1.29, 1.82) is 0 Å².